The SMILES string of the molecule is COc1ccc(C(C)=NN=C2NC(=O)C(Cc3cccc(C(F)(F)F)c3)S2)cc1. The minimum atomic E-state index is -4.42. The Morgan fingerprint density at radius 2 is 1.93 bits per heavy atom. The monoisotopic (exact) mass is 421 g/mol. The number of carbonyl (C=O) groups is 1. The Bertz CT molecular complexity index is 956. The lowest BCUT2D eigenvalue weighted by atomic mass is 10.1. The highest BCUT2D eigenvalue weighted by molar-refractivity contribution is 8.15. The zero-order valence-electron chi connectivity index (χ0n) is 15.7. The predicted octanol–water partition coefficient (Wildman–Crippen LogP) is 4.27. The number of thioether (sulfide) groups is 1. The lowest BCUT2D eigenvalue weighted by Gasteiger charge is -2.10. The molecule has 1 unspecified atom stereocenters. The van der Waals surface area contributed by atoms with Crippen LogP contribution in [0, 0.1) is 0 Å². The lowest BCUT2D eigenvalue weighted by molar-refractivity contribution is -0.137. The number of methoxy groups -OCH3 is 1. The molecule has 5 nitrogen and oxygen atoms in total. The standard InChI is InChI=1S/C20H18F3N3O2S/c1-12(14-6-8-16(28-2)9-7-14)25-26-19-24-18(27)17(29-19)11-13-4-3-5-15(10-13)20(21,22)23/h3-10,17H,11H2,1-2H3,(H,24,26,27). The number of nitrogens with one attached hydrogen (secondary N) is 1. The third-order valence-electron chi connectivity index (χ3n) is 4.25. The first kappa shape index (κ1) is 20.9. The van der Waals surface area contributed by atoms with Crippen LogP contribution in [0.5, 0.6) is 5.75 Å². The first-order chi connectivity index (χ1) is 13.8. The van der Waals surface area contributed by atoms with Crippen molar-refractivity contribution in [1.82, 2.24) is 5.32 Å². The number of hydrogen-bond acceptors (Lipinski definition) is 5. The summed E-state index contributed by atoms with van der Waals surface area (Å²) >= 11 is 1.15. The first-order valence-electron chi connectivity index (χ1n) is 8.66. The molecule has 3 rings (SSSR count). The molecule has 2 aromatic rings. The molecular formula is C20H18F3N3O2S. The Hall–Kier alpha value is -2.81. The average Bonchev–Trinajstić information content (AvgIpc) is 3.05. The average molecular weight is 421 g/mol. The topological polar surface area (TPSA) is 63.1 Å². The highest BCUT2D eigenvalue weighted by Crippen LogP contribution is 2.31. The number of amides is 1. The molecule has 2 aromatic carbocycles. The van der Waals surface area contributed by atoms with Gasteiger partial charge in [0.25, 0.3) is 0 Å². The minimum absolute atomic E-state index is 0.167. The van der Waals surface area contributed by atoms with Crippen molar-refractivity contribution >= 4 is 28.5 Å². The van der Waals surface area contributed by atoms with Crippen molar-refractivity contribution in [3.8, 4) is 5.75 Å². The van der Waals surface area contributed by atoms with Crippen LogP contribution in [-0.4, -0.2) is 29.1 Å². The number of hydrogen-bond donors (Lipinski definition) is 1. The first-order valence-corrected chi connectivity index (χ1v) is 9.54. The highest BCUT2D eigenvalue weighted by atomic mass is 32.2. The van der Waals surface area contributed by atoms with Crippen LogP contribution in [0.4, 0.5) is 13.2 Å². The van der Waals surface area contributed by atoms with Gasteiger partial charge in [0.15, 0.2) is 5.17 Å². The second-order valence-corrected chi connectivity index (χ2v) is 7.51. The smallest absolute Gasteiger partial charge is 0.416 e. The van der Waals surface area contributed by atoms with E-state index in [1.165, 1.54) is 6.07 Å². The van der Waals surface area contributed by atoms with Gasteiger partial charge in [-0.15, -0.1) is 5.10 Å². The van der Waals surface area contributed by atoms with E-state index in [2.05, 4.69) is 15.5 Å². The molecule has 1 N–H and O–H groups in total. The van der Waals surface area contributed by atoms with Crippen LogP contribution in [0.15, 0.2) is 58.7 Å². The molecule has 152 valence electrons. The number of amidine groups is 1. The molecule has 0 aromatic heterocycles. The maximum atomic E-state index is 12.9. The summed E-state index contributed by atoms with van der Waals surface area (Å²) in [4.78, 5) is 12.2. The highest BCUT2D eigenvalue weighted by Gasteiger charge is 2.33. The second-order valence-electron chi connectivity index (χ2n) is 6.32. The molecule has 1 aliphatic heterocycles. The van der Waals surface area contributed by atoms with Gasteiger partial charge in [-0.3, -0.25) is 4.79 Å². The molecule has 1 fully saturated rings. The third kappa shape index (κ3) is 5.38. The largest absolute Gasteiger partial charge is 0.497 e. The molecule has 0 bridgehead atoms. The molecule has 1 aliphatic rings. The molecular weight excluding hydrogens is 403 g/mol. The molecule has 0 spiro atoms. The van der Waals surface area contributed by atoms with Crippen LogP contribution in [0.2, 0.25) is 0 Å². The predicted molar refractivity (Wildman–Crippen MR) is 107 cm³/mol. The van der Waals surface area contributed by atoms with E-state index < -0.39 is 17.0 Å². The van der Waals surface area contributed by atoms with Crippen molar-refractivity contribution < 1.29 is 22.7 Å². The van der Waals surface area contributed by atoms with Crippen LogP contribution in [0.25, 0.3) is 0 Å². The van der Waals surface area contributed by atoms with Crippen molar-refractivity contribution in [2.45, 2.75) is 24.8 Å². The molecule has 29 heavy (non-hydrogen) atoms. The zero-order chi connectivity index (χ0) is 21.0. The van der Waals surface area contributed by atoms with E-state index in [0.29, 0.717) is 16.4 Å². The van der Waals surface area contributed by atoms with E-state index in [1.807, 2.05) is 12.1 Å². The summed E-state index contributed by atoms with van der Waals surface area (Å²) < 4.78 is 43.7. The van der Waals surface area contributed by atoms with Gasteiger partial charge in [0.2, 0.25) is 5.91 Å². The van der Waals surface area contributed by atoms with Gasteiger partial charge in [0, 0.05) is 0 Å². The lowest BCUT2D eigenvalue weighted by Crippen LogP contribution is -2.26. The Labute approximate surface area is 170 Å². The zero-order valence-corrected chi connectivity index (χ0v) is 16.5. The summed E-state index contributed by atoms with van der Waals surface area (Å²) in [5, 5.41) is 10.6. The molecule has 0 saturated carbocycles. The Morgan fingerprint density at radius 1 is 1.21 bits per heavy atom. The van der Waals surface area contributed by atoms with Crippen LogP contribution in [-0.2, 0) is 17.4 Å². The molecule has 0 aliphatic carbocycles. The number of benzene rings is 2. The third-order valence-corrected chi connectivity index (χ3v) is 5.32. The number of alkyl halides is 3. The summed E-state index contributed by atoms with van der Waals surface area (Å²) in [6.45, 7) is 1.79. The minimum Gasteiger partial charge on any atom is -0.497 e. The molecule has 1 atom stereocenters. The number of nitrogens with zero attached hydrogens (tertiary/aromatic N) is 2. The Balaban J connectivity index is 1.68. The molecule has 1 heterocycles. The van der Waals surface area contributed by atoms with Gasteiger partial charge in [-0.25, -0.2) is 0 Å². The van der Waals surface area contributed by atoms with Gasteiger partial charge in [-0.1, -0.05) is 30.0 Å². The number of carbonyl (C=O) groups excluding carboxylic acids is 1. The fraction of sp³-hybridized carbons (Fsp3) is 0.250. The van der Waals surface area contributed by atoms with Crippen molar-refractivity contribution in [3.63, 3.8) is 0 Å². The van der Waals surface area contributed by atoms with E-state index in [-0.39, 0.29) is 12.3 Å². The quantitative estimate of drug-likeness (QED) is 0.579. The fourth-order valence-electron chi connectivity index (χ4n) is 2.69. The maximum Gasteiger partial charge on any atom is 0.416 e. The Kier molecular flexibility index (Phi) is 6.26. The van der Waals surface area contributed by atoms with Gasteiger partial charge in [0.05, 0.1) is 23.6 Å². The summed E-state index contributed by atoms with van der Waals surface area (Å²) in [6, 6.07) is 12.3. The number of ether oxygens (including phenoxy) is 1. The fourth-order valence-corrected chi connectivity index (χ4v) is 3.64. The number of rotatable bonds is 5. The van der Waals surface area contributed by atoms with Gasteiger partial charge in [-0.2, -0.15) is 18.3 Å². The molecule has 1 amide bonds. The summed E-state index contributed by atoms with van der Waals surface area (Å²) in [7, 11) is 1.58. The molecule has 9 heteroatoms. The van der Waals surface area contributed by atoms with E-state index in [4.69, 9.17) is 4.74 Å². The maximum absolute atomic E-state index is 12.9. The van der Waals surface area contributed by atoms with Gasteiger partial charge in [-0.05, 0) is 54.8 Å². The summed E-state index contributed by atoms with van der Waals surface area (Å²) in [5.41, 5.74) is 1.21. The normalized spacial score (nSPS) is 18.8. The molecule has 0 radical (unpaired) electrons. The molecule has 1 saturated heterocycles. The van der Waals surface area contributed by atoms with Crippen molar-refractivity contribution in [2.24, 2.45) is 10.2 Å². The van der Waals surface area contributed by atoms with Gasteiger partial charge in [0.1, 0.15) is 5.75 Å². The number of halogens is 3. The summed E-state index contributed by atoms with van der Waals surface area (Å²) in [6.07, 6.45) is -4.25. The van der Waals surface area contributed by atoms with Gasteiger partial charge >= 0.3 is 6.18 Å². The van der Waals surface area contributed by atoms with Crippen molar-refractivity contribution in [1.29, 1.82) is 0 Å². The van der Waals surface area contributed by atoms with Crippen LogP contribution >= 0.6 is 11.8 Å². The van der Waals surface area contributed by atoms with E-state index >= 15 is 0 Å². The van der Waals surface area contributed by atoms with E-state index in [0.717, 1.165) is 35.2 Å². The van der Waals surface area contributed by atoms with Crippen molar-refractivity contribution in [2.75, 3.05) is 7.11 Å². The van der Waals surface area contributed by atoms with Crippen molar-refractivity contribution in [3.05, 3.63) is 65.2 Å². The summed E-state index contributed by atoms with van der Waals surface area (Å²) in [5.74, 6) is 0.423. The van der Waals surface area contributed by atoms with Crippen LogP contribution < -0.4 is 10.1 Å². The van der Waals surface area contributed by atoms with E-state index in [1.54, 1.807) is 32.2 Å². The van der Waals surface area contributed by atoms with Crippen LogP contribution in [0.1, 0.15) is 23.6 Å². The van der Waals surface area contributed by atoms with Gasteiger partial charge < -0.3 is 10.1 Å². The van der Waals surface area contributed by atoms with E-state index in [9.17, 15) is 18.0 Å². The second kappa shape index (κ2) is 8.69. The Morgan fingerprint density at radius 3 is 2.59 bits per heavy atom. The van der Waals surface area contributed by atoms with Crippen LogP contribution in [0.3, 0.4) is 0 Å².